The third kappa shape index (κ3) is 6.13. The summed E-state index contributed by atoms with van der Waals surface area (Å²) in [6.07, 6.45) is 0.583. The van der Waals surface area contributed by atoms with Gasteiger partial charge in [-0.25, -0.2) is 0 Å². The van der Waals surface area contributed by atoms with Crippen LogP contribution in [-0.4, -0.2) is 35.6 Å². The number of hydrogen-bond acceptors (Lipinski definition) is 3. The zero-order chi connectivity index (χ0) is 20.5. The van der Waals surface area contributed by atoms with E-state index in [-0.39, 0.29) is 11.8 Å². The molecule has 0 aliphatic rings. The van der Waals surface area contributed by atoms with Gasteiger partial charge in [0.05, 0.1) is 5.75 Å². The molecule has 2 rings (SSSR count). The van der Waals surface area contributed by atoms with Crippen LogP contribution in [0, 0.1) is 13.8 Å². The van der Waals surface area contributed by atoms with E-state index in [1.54, 1.807) is 23.7 Å². The van der Waals surface area contributed by atoms with Crippen LogP contribution >= 0.6 is 11.8 Å². The molecule has 0 heterocycles. The van der Waals surface area contributed by atoms with Crippen LogP contribution in [0.5, 0.6) is 0 Å². The van der Waals surface area contributed by atoms with Crippen molar-refractivity contribution in [3.05, 3.63) is 70.8 Å². The Morgan fingerprint density at radius 1 is 1.07 bits per heavy atom. The van der Waals surface area contributed by atoms with Gasteiger partial charge in [-0.15, -0.1) is 11.8 Å². The van der Waals surface area contributed by atoms with E-state index < -0.39 is 6.04 Å². The molecule has 0 saturated heterocycles. The van der Waals surface area contributed by atoms with Crippen molar-refractivity contribution in [1.82, 2.24) is 10.2 Å². The Balaban J connectivity index is 2.10. The van der Waals surface area contributed by atoms with Gasteiger partial charge < -0.3 is 10.2 Å². The SMILES string of the molecule is CC[C@H](C(=O)NC)N(Cc1ccccc1C)C(=O)CSCc1ccc(C)cc1. The van der Waals surface area contributed by atoms with Crippen LogP contribution < -0.4 is 5.32 Å². The number of benzene rings is 2. The molecule has 28 heavy (non-hydrogen) atoms. The van der Waals surface area contributed by atoms with Gasteiger partial charge in [0.1, 0.15) is 6.04 Å². The molecule has 0 bridgehead atoms. The first-order chi connectivity index (χ1) is 13.5. The molecule has 1 N–H and O–H groups in total. The number of carbonyl (C=O) groups excluding carboxylic acids is 2. The van der Waals surface area contributed by atoms with Crippen molar-refractivity contribution >= 4 is 23.6 Å². The lowest BCUT2D eigenvalue weighted by atomic mass is 10.1. The molecule has 0 aliphatic carbocycles. The molecule has 5 heteroatoms. The number of aryl methyl sites for hydroxylation is 2. The molecule has 0 aromatic heterocycles. The maximum atomic E-state index is 13.0. The van der Waals surface area contributed by atoms with Gasteiger partial charge in [0.25, 0.3) is 0 Å². The first-order valence-electron chi connectivity index (χ1n) is 9.65. The van der Waals surface area contributed by atoms with Gasteiger partial charge in [-0.1, -0.05) is 61.0 Å². The van der Waals surface area contributed by atoms with Crippen molar-refractivity contribution in [1.29, 1.82) is 0 Å². The average Bonchev–Trinajstić information content (AvgIpc) is 2.70. The molecule has 2 aromatic rings. The number of nitrogens with one attached hydrogen (secondary N) is 1. The van der Waals surface area contributed by atoms with Crippen LogP contribution in [0.25, 0.3) is 0 Å². The molecule has 4 nitrogen and oxygen atoms in total. The minimum atomic E-state index is -0.461. The summed E-state index contributed by atoms with van der Waals surface area (Å²) >= 11 is 1.59. The molecule has 1 atom stereocenters. The third-order valence-electron chi connectivity index (χ3n) is 4.85. The molecule has 0 fully saturated rings. The number of nitrogens with zero attached hydrogens (tertiary/aromatic N) is 1. The standard InChI is InChI=1S/C23H30N2O2S/c1-5-21(23(27)24-4)25(14-20-9-7-6-8-18(20)3)22(26)16-28-15-19-12-10-17(2)11-13-19/h6-13,21H,5,14-16H2,1-4H3,(H,24,27)/t21-/m1/s1. The number of carbonyl (C=O) groups is 2. The smallest absolute Gasteiger partial charge is 0.242 e. The average molecular weight is 399 g/mol. The quantitative estimate of drug-likeness (QED) is 0.692. The predicted molar refractivity (Wildman–Crippen MR) is 117 cm³/mol. The maximum Gasteiger partial charge on any atom is 0.242 e. The van der Waals surface area contributed by atoms with E-state index in [9.17, 15) is 9.59 Å². The van der Waals surface area contributed by atoms with E-state index in [1.807, 2.05) is 38.1 Å². The molecule has 2 aromatic carbocycles. The van der Waals surface area contributed by atoms with E-state index in [1.165, 1.54) is 11.1 Å². The van der Waals surface area contributed by atoms with E-state index in [0.29, 0.717) is 18.7 Å². The maximum absolute atomic E-state index is 13.0. The Bertz CT molecular complexity index is 789. The Hall–Kier alpha value is -2.27. The van der Waals surface area contributed by atoms with E-state index in [2.05, 4.69) is 36.5 Å². The fourth-order valence-corrected chi connectivity index (χ4v) is 3.95. The highest BCUT2D eigenvalue weighted by Crippen LogP contribution is 2.19. The normalized spacial score (nSPS) is 11.7. The van der Waals surface area contributed by atoms with Gasteiger partial charge >= 0.3 is 0 Å². The lowest BCUT2D eigenvalue weighted by Gasteiger charge is -2.30. The fraction of sp³-hybridized carbons (Fsp3) is 0.391. The topological polar surface area (TPSA) is 49.4 Å². The van der Waals surface area contributed by atoms with Crippen LogP contribution in [0.15, 0.2) is 48.5 Å². The van der Waals surface area contributed by atoms with Gasteiger partial charge in [0, 0.05) is 19.3 Å². The minimum absolute atomic E-state index is 0.00388. The summed E-state index contributed by atoms with van der Waals surface area (Å²) in [7, 11) is 1.62. The second kappa shape index (κ2) is 10.9. The Labute approximate surface area is 172 Å². The van der Waals surface area contributed by atoms with Gasteiger partial charge in [-0.3, -0.25) is 9.59 Å². The number of thioether (sulfide) groups is 1. The highest BCUT2D eigenvalue weighted by Gasteiger charge is 2.28. The molecule has 0 aliphatic heterocycles. The second-order valence-corrected chi connectivity index (χ2v) is 7.95. The number of amides is 2. The van der Waals surface area contributed by atoms with Crippen LogP contribution in [0.4, 0.5) is 0 Å². The highest BCUT2D eigenvalue weighted by molar-refractivity contribution is 7.99. The summed E-state index contributed by atoms with van der Waals surface area (Å²) in [4.78, 5) is 27.2. The first-order valence-corrected chi connectivity index (χ1v) is 10.8. The summed E-state index contributed by atoms with van der Waals surface area (Å²) in [5.74, 6) is 1.01. The molecule has 0 saturated carbocycles. The van der Waals surface area contributed by atoms with E-state index >= 15 is 0 Å². The molecular weight excluding hydrogens is 368 g/mol. The molecule has 0 spiro atoms. The zero-order valence-electron chi connectivity index (χ0n) is 17.2. The van der Waals surface area contributed by atoms with Crippen molar-refractivity contribution < 1.29 is 9.59 Å². The summed E-state index contributed by atoms with van der Waals surface area (Å²) in [6.45, 7) is 6.48. The van der Waals surface area contributed by atoms with Gasteiger partial charge in [-0.05, 0) is 37.0 Å². The number of hydrogen-bond donors (Lipinski definition) is 1. The predicted octanol–water partition coefficient (Wildman–Crippen LogP) is 4.09. The van der Waals surface area contributed by atoms with Crippen LogP contribution in [0.2, 0.25) is 0 Å². The largest absolute Gasteiger partial charge is 0.357 e. The van der Waals surface area contributed by atoms with Crippen molar-refractivity contribution in [2.24, 2.45) is 0 Å². The van der Waals surface area contributed by atoms with Crippen molar-refractivity contribution in [2.45, 2.75) is 45.5 Å². The zero-order valence-corrected chi connectivity index (χ0v) is 18.0. The van der Waals surface area contributed by atoms with Crippen molar-refractivity contribution in [3.63, 3.8) is 0 Å². The molecule has 150 valence electrons. The Morgan fingerprint density at radius 2 is 1.75 bits per heavy atom. The van der Waals surface area contributed by atoms with Crippen molar-refractivity contribution in [2.75, 3.05) is 12.8 Å². The monoisotopic (exact) mass is 398 g/mol. The summed E-state index contributed by atoms with van der Waals surface area (Å²) in [5, 5.41) is 2.70. The molecule has 2 amide bonds. The van der Waals surface area contributed by atoms with Crippen molar-refractivity contribution in [3.8, 4) is 0 Å². The fourth-order valence-electron chi connectivity index (χ4n) is 3.08. The van der Waals surface area contributed by atoms with Crippen LogP contribution in [0.3, 0.4) is 0 Å². The van der Waals surface area contributed by atoms with E-state index in [0.717, 1.165) is 16.9 Å². The molecular formula is C23H30N2O2S. The van der Waals surface area contributed by atoms with Gasteiger partial charge in [0.15, 0.2) is 0 Å². The molecule has 0 radical (unpaired) electrons. The second-order valence-electron chi connectivity index (χ2n) is 6.96. The number of rotatable bonds is 9. The Kier molecular flexibility index (Phi) is 8.58. The summed E-state index contributed by atoms with van der Waals surface area (Å²) in [5.41, 5.74) is 4.62. The van der Waals surface area contributed by atoms with Gasteiger partial charge in [-0.2, -0.15) is 0 Å². The third-order valence-corrected chi connectivity index (χ3v) is 5.84. The Morgan fingerprint density at radius 3 is 2.36 bits per heavy atom. The van der Waals surface area contributed by atoms with Crippen LogP contribution in [0.1, 0.15) is 35.6 Å². The van der Waals surface area contributed by atoms with Crippen LogP contribution in [-0.2, 0) is 21.9 Å². The lowest BCUT2D eigenvalue weighted by molar-refractivity contribution is -0.139. The van der Waals surface area contributed by atoms with E-state index in [4.69, 9.17) is 0 Å². The summed E-state index contributed by atoms with van der Waals surface area (Å²) in [6, 6.07) is 15.9. The summed E-state index contributed by atoms with van der Waals surface area (Å²) < 4.78 is 0. The first kappa shape index (κ1) is 22.0. The highest BCUT2D eigenvalue weighted by atomic mass is 32.2. The van der Waals surface area contributed by atoms with Gasteiger partial charge in [0.2, 0.25) is 11.8 Å². The molecule has 0 unspecified atom stereocenters. The lowest BCUT2D eigenvalue weighted by Crippen LogP contribution is -2.48. The number of likely N-dealkylation sites (N-methyl/N-ethyl adjacent to an activating group) is 1. The minimum Gasteiger partial charge on any atom is -0.357 e.